The fourth-order valence-corrected chi connectivity index (χ4v) is 7.16. The molecule has 38 heteroatoms. The molecule has 0 aliphatic heterocycles. The molecule has 0 aromatic heterocycles. The number of ketones is 2. The molecule has 0 radical (unpaired) electrons. The smallest absolute Gasteiger partial charge is 0.407 e. The number of nitrogens with one attached hydrogen (secondary N) is 8. The Labute approximate surface area is 567 Å². The zero-order chi connectivity index (χ0) is 72.9. The van der Waals surface area contributed by atoms with E-state index in [9.17, 15) is 57.5 Å². The minimum Gasteiger partial charge on any atom is -0.449 e. The summed E-state index contributed by atoms with van der Waals surface area (Å²) in [4.78, 5) is 165. The van der Waals surface area contributed by atoms with Crippen LogP contribution in [0.4, 0.5) is 19.2 Å². The predicted molar refractivity (Wildman–Crippen MR) is 347 cm³/mol. The lowest BCUT2D eigenvalue weighted by Gasteiger charge is -2.31. The number of rotatable bonds is 64. The Morgan fingerprint density at radius 2 is 0.546 bits per heavy atom. The summed E-state index contributed by atoms with van der Waals surface area (Å²) in [6, 6.07) is 0. The molecule has 0 rings (SSSR count). The molecule has 0 fully saturated rings. The number of Topliss-reactive ketones (excluding diaryl/α,β-unsaturated/α-hetero) is 2. The van der Waals surface area contributed by atoms with Gasteiger partial charge >= 0.3 is 24.4 Å². The van der Waals surface area contributed by atoms with Crippen LogP contribution in [0.3, 0.4) is 0 Å². The molecule has 0 spiro atoms. The topological polar surface area (TPSA) is 513 Å². The number of hydrogen-bond acceptors (Lipinski definition) is 28. The summed E-state index contributed by atoms with van der Waals surface area (Å²) < 4.78 is 57.6. The Morgan fingerprint density at radius 1 is 0.320 bits per heavy atom. The minimum atomic E-state index is -1.78. The zero-order valence-corrected chi connectivity index (χ0v) is 55.7. The van der Waals surface area contributed by atoms with E-state index in [1.807, 2.05) is 0 Å². The minimum absolute atomic E-state index is 0.00435. The maximum absolute atomic E-state index is 13.1. The van der Waals surface area contributed by atoms with Gasteiger partial charge in [-0.2, -0.15) is 0 Å². The number of ether oxygens (including phenoxy) is 8. The Kier molecular flexibility index (Phi) is 54.6. The van der Waals surface area contributed by atoms with Gasteiger partial charge in [0.25, 0.3) is 11.8 Å². The summed E-state index contributed by atoms with van der Waals surface area (Å²) in [6.07, 6.45) is 8.33. The molecule has 0 unspecified atom stereocenters. The highest BCUT2D eigenvalue weighted by molar-refractivity contribution is 6.26. The third-order valence-electron chi connectivity index (χ3n) is 12.0. The standard InChI is InChI=1S/C59H102N14O24/c1-47(74)39-70-94-27-11-3-7-15-51(78)62-19-31-86-35-23-66-55(82)90-43-59(44-91-56(83)67-24-36-87-32-20-63-52(79)16-8-4-12-28-95-71-40-48(2)75,45-92-57(84)68-25-37-88-33-21-64-53(80)17-9-5-13-29-96-72-41-49(60)76)46-93-58(85)69-26-38-89-34-22-65-54(81)18-10-6-14-30-97-73-42-50(61)77/h39-42H,3-38,43-46H2,1-2H3,(H2,60,76)(H2,61,77)(H,62,78)(H,63,79)(H,64,80)(H,65,81)(H,66,82)(H,67,83)(H,68,84)(H,69,85)/b70-39-,71-40-,72-41-,73-42-/i/hD2. The molecule has 97 heavy (non-hydrogen) atoms. The number of nitrogens with two attached hydrogens (primary N) is 2. The van der Waals surface area contributed by atoms with Crippen molar-refractivity contribution in [3.05, 3.63) is 0 Å². The van der Waals surface area contributed by atoms with E-state index in [-0.39, 0.29) is 179 Å². The Hall–Kier alpha value is -9.04. The molecule has 0 aliphatic rings. The SMILES string of the molecule is [2H]NC(=O)/C=N\OCCCCCC(=O)NCCOCCNC(=O)OCC(COC(=O)NCCOCCNC(=O)CCCCCO/N=C\C(C)=O)(COC(=O)NCCOCCNC(=O)CCCCCO/N=C\C(C)=O)COC(=O)NCCOCCNC(=O)CCCCCO/N=C\C(=O)N[2H]. The average molecular weight is 1390 g/mol. The van der Waals surface area contributed by atoms with Gasteiger partial charge < -0.3 is 111 Å². The van der Waals surface area contributed by atoms with E-state index in [1.165, 1.54) is 13.8 Å². The molecule has 0 aliphatic carbocycles. The highest BCUT2D eigenvalue weighted by Gasteiger charge is 2.38. The first-order valence-corrected chi connectivity index (χ1v) is 32.0. The van der Waals surface area contributed by atoms with Crippen LogP contribution in [0.15, 0.2) is 20.6 Å². The van der Waals surface area contributed by atoms with Crippen LogP contribution in [0, 0.1) is 5.41 Å². The van der Waals surface area contributed by atoms with Crippen molar-refractivity contribution in [1.29, 1.82) is 0 Å². The lowest BCUT2D eigenvalue weighted by atomic mass is 9.92. The number of unbranched alkanes of at least 4 members (excludes halogenated alkanes) is 8. The van der Waals surface area contributed by atoms with E-state index in [0.29, 0.717) is 90.3 Å². The van der Waals surface area contributed by atoms with E-state index < -0.39 is 68.0 Å². The van der Waals surface area contributed by atoms with Crippen LogP contribution in [0.5, 0.6) is 0 Å². The van der Waals surface area contributed by atoms with Gasteiger partial charge in [-0.25, -0.2) is 19.2 Å². The Bertz CT molecular complexity index is 2260. The van der Waals surface area contributed by atoms with Crippen LogP contribution in [-0.2, 0) is 95.6 Å². The first-order valence-electron chi connectivity index (χ1n) is 33.0. The summed E-state index contributed by atoms with van der Waals surface area (Å²) in [5.74, 6) is -2.73. The van der Waals surface area contributed by atoms with Crippen LogP contribution in [0.2, 0.25) is 2.82 Å². The number of alkyl carbamates (subject to hydrolysis) is 4. The van der Waals surface area contributed by atoms with Crippen molar-refractivity contribution in [3.8, 4) is 0 Å². The van der Waals surface area contributed by atoms with E-state index >= 15 is 0 Å². The van der Waals surface area contributed by atoms with Gasteiger partial charge in [0.15, 0.2) is 14.4 Å². The Morgan fingerprint density at radius 3 is 0.773 bits per heavy atom. The van der Waals surface area contributed by atoms with Crippen LogP contribution >= 0.6 is 0 Å². The summed E-state index contributed by atoms with van der Waals surface area (Å²) >= 11 is 0. The fourth-order valence-electron chi connectivity index (χ4n) is 7.16. The lowest BCUT2D eigenvalue weighted by molar-refractivity contribution is -0.122. The van der Waals surface area contributed by atoms with Crippen LogP contribution < -0.4 is 54.0 Å². The molecule has 0 saturated carbocycles. The molecule has 0 saturated heterocycles. The molecule has 10 amide bonds. The maximum atomic E-state index is 13.1. The number of primary amides is 2. The molecule has 552 valence electrons. The summed E-state index contributed by atoms with van der Waals surface area (Å²) in [7, 11) is 0. The van der Waals surface area contributed by atoms with E-state index in [4.69, 9.17) is 60.1 Å². The van der Waals surface area contributed by atoms with E-state index in [2.05, 4.69) is 63.2 Å². The first-order chi connectivity index (χ1) is 47.9. The molecule has 0 bridgehead atoms. The summed E-state index contributed by atoms with van der Waals surface area (Å²) in [6.45, 7) is 1.88. The normalized spacial score (nSPS) is 11.4. The highest BCUT2D eigenvalue weighted by atomic mass is 16.6. The number of nitrogens with zero attached hydrogens (tertiary/aromatic N) is 4. The molecule has 12 N–H and O–H groups in total. The second-order valence-corrected chi connectivity index (χ2v) is 20.8. The van der Waals surface area contributed by atoms with Crippen molar-refractivity contribution in [3.63, 3.8) is 0 Å². The van der Waals surface area contributed by atoms with Crippen molar-refractivity contribution in [2.75, 3.05) is 158 Å². The molecule has 0 aromatic rings. The van der Waals surface area contributed by atoms with Crippen molar-refractivity contribution in [2.24, 2.45) is 37.5 Å². The van der Waals surface area contributed by atoms with Gasteiger partial charge in [0.05, 0.1) is 52.9 Å². The molecular formula is C59H102N14O24. The molecule has 38 nitrogen and oxygen atoms in total. The van der Waals surface area contributed by atoms with Crippen LogP contribution in [0.25, 0.3) is 0 Å². The Balaban J connectivity index is 5.68. The number of oxime groups is 4. The van der Waals surface area contributed by atoms with Gasteiger partial charge in [-0.1, -0.05) is 20.6 Å². The molecule has 0 atom stereocenters. The van der Waals surface area contributed by atoms with Gasteiger partial charge in [-0.3, -0.25) is 38.4 Å². The average Bonchev–Trinajstić information content (AvgIpc) is 0.865. The third kappa shape index (κ3) is 64.1. The predicted octanol–water partition coefficient (Wildman–Crippen LogP) is -0.191. The lowest BCUT2D eigenvalue weighted by Crippen LogP contribution is -2.47. The van der Waals surface area contributed by atoms with Crippen molar-refractivity contribution in [2.45, 2.75) is 117 Å². The summed E-state index contributed by atoms with van der Waals surface area (Å²) in [5, 5.41) is 34.8. The van der Waals surface area contributed by atoms with Crippen LogP contribution in [-0.4, -0.2) is 254 Å². The number of hydrogen-bond donors (Lipinski definition) is 10. The number of amides is 10. The van der Waals surface area contributed by atoms with Gasteiger partial charge in [-0.05, 0) is 77.0 Å². The molecule has 0 heterocycles. The second-order valence-electron chi connectivity index (χ2n) is 20.8. The van der Waals surface area contributed by atoms with Gasteiger partial charge in [0.2, 0.25) is 23.6 Å². The highest BCUT2D eigenvalue weighted by Crippen LogP contribution is 2.22. The van der Waals surface area contributed by atoms with E-state index in [1.54, 1.807) is 11.5 Å². The largest absolute Gasteiger partial charge is 0.449 e. The van der Waals surface area contributed by atoms with E-state index in [0.717, 1.165) is 24.9 Å². The number of carbonyl (C=O) groups excluding carboxylic acids is 12. The number of carbonyl (C=O) groups is 12. The quantitative estimate of drug-likeness (QED) is 0.0163. The van der Waals surface area contributed by atoms with Crippen LogP contribution in [0.1, 0.15) is 117 Å². The third-order valence-corrected chi connectivity index (χ3v) is 12.0. The van der Waals surface area contributed by atoms with Crippen molar-refractivity contribution in [1.82, 2.24) is 42.5 Å². The molecule has 0 aromatic carbocycles. The monoisotopic (exact) mass is 1390 g/mol. The van der Waals surface area contributed by atoms with Crippen molar-refractivity contribution >= 4 is 96.2 Å². The van der Waals surface area contributed by atoms with Gasteiger partial charge in [0.1, 0.15) is 83.1 Å². The van der Waals surface area contributed by atoms with Gasteiger partial charge in [-0.15, -0.1) is 0 Å². The fraction of sp³-hybridized carbons (Fsp3) is 0.729. The van der Waals surface area contributed by atoms with Gasteiger partial charge in [0, 0.05) is 91.9 Å². The zero-order valence-electron chi connectivity index (χ0n) is 57.7. The van der Waals surface area contributed by atoms with Crippen molar-refractivity contribution < 1.29 is 118 Å². The first kappa shape index (κ1) is 84.0. The summed E-state index contributed by atoms with van der Waals surface area (Å²) in [5.41, 5.74) is 1.48. The molecular weight excluding hydrogens is 1290 g/mol. The second kappa shape index (κ2) is 63.0. The maximum Gasteiger partial charge on any atom is 0.407 e.